The van der Waals surface area contributed by atoms with Crippen molar-refractivity contribution in [3.05, 3.63) is 36.5 Å². The number of allylic oxidation sites excluding steroid dienone is 6. The van der Waals surface area contributed by atoms with E-state index in [-0.39, 0.29) is 13.0 Å². The third kappa shape index (κ3) is 44.3. The second-order valence-corrected chi connectivity index (χ2v) is 18.0. The van der Waals surface area contributed by atoms with E-state index in [1.54, 1.807) is 0 Å². The summed E-state index contributed by atoms with van der Waals surface area (Å²) in [5.41, 5.74) is 5.37. The molecule has 10 nitrogen and oxygen atoms in total. The van der Waals surface area contributed by atoms with Crippen molar-refractivity contribution in [1.82, 2.24) is 0 Å². The van der Waals surface area contributed by atoms with Crippen molar-refractivity contribution in [3.8, 4) is 0 Å². The first-order chi connectivity index (χ1) is 29.2. The van der Waals surface area contributed by atoms with Gasteiger partial charge in [0.15, 0.2) is 0 Å². The van der Waals surface area contributed by atoms with Crippen LogP contribution in [0.5, 0.6) is 0 Å². The molecule has 0 aromatic rings. The number of phosphoric ester groups is 1. The topological polar surface area (TPSA) is 155 Å². The summed E-state index contributed by atoms with van der Waals surface area (Å²) < 4.78 is 33.4. The molecule has 0 heterocycles. The Morgan fingerprint density at radius 3 is 1.45 bits per heavy atom. The summed E-state index contributed by atoms with van der Waals surface area (Å²) in [7, 11) is -4.62. The molecule has 0 saturated heterocycles. The van der Waals surface area contributed by atoms with Gasteiger partial charge in [-0.25, -0.2) is 4.57 Å². The molecule has 0 amide bonds. The van der Waals surface area contributed by atoms with Gasteiger partial charge in [0, 0.05) is 13.0 Å². The van der Waals surface area contributed by atoms with Gasteiger partial charge >= 0.3 is 19.8 Å². The zero-order chi connectivity index (χ0) is 44.0. The number of rotatable bonds is 47. The van der Waals surface area contributed by atoms with Crippen LogP contribution in [0.1, 0.15) is 226 Å². The van der Waals surface area contributed by atoms with Crippen molar-refractivity contribution in [2.45, 2.75) is 238 Å². The monoisotopic (exact) mass is 870 g/mol. The molecule has 0 spiro atoms. The number of hydrogen-bond donors (Lipinski definition) is 3. The van der Waals surface area contributed by atoms with Gasteiger partial charge in [-0.3, -0.25) is 18.6 Å². The zero-order valence-electron chi connectivity index (χ0n) is 38.6. The number of carboxylic acids is 1. The van der Waals surface area contributed by atoms with Crippen LogP contribution in [-0.2, 0) is 32.7 Å². The molecular weight excluding hydrogens is 778 g/mol. The molecule has 0 bridgehead atoms. The molecule has 0 rings (SSSR count). The van der Waals surface area contributed by atoms with Crippen molar-refractivity contribution in [1.29, 1.82) is 0 Å². The first kappa shape index (κ1) is 58.2. The Morgan fingerprint density at radius 2 is 0.967 bits per heavy atom. The van der Waals surface area contributed by atoms with Crippen LogP contribution in [0.3, 0.4) is 0 Å². The zero-order valence-corrected chi connectivity index (χ0v) is 39.5. The minimum Gasteiger partial charge on any atom is -0.480 e. The van der Waals surface area contributed by atoms with Gasteiger partial charge in [0.05, 0.1) is 19.8 Å². The standard InChI is InChI=1S/C49H92NO9P/c1-3-5-7-9-11-13-15-17-19-21-22-23-24-25-26-27-29-31-33-35-37-39-41-48(51)59-46(44-57-60(54,55)58-45-47(50)49(52)53)43-56-42-40-38-36-34-32-30-28-20-18-16-14-12-10-8-6-4-2/h6,8,12,14,18,20,46-47H,3-5,7,9-11,13,15-17,19,21-45,50H2,1-2H3,(H,52,53)(H,54,55)/b8-6-,14-12-,20-18-. The lowest BCUT2D eigenvalue weighted by Crippen LogP contribution is -2.34. The van der Waals surface area contributed by atoms with E-state index in [4.69, 9.17) is 29.4 Å². The summed E-state index contributed by atoms with van der Waals surface area (Å²) in [4.78, 5) is 33.6. The molecule has 352 valence electrons. The molecule has 0 saturated carbocycles. The number of esters is 1. The average molecular weight is 870 g/mol. The maximum atomic E-state index is 12.7. The predicted octanol–water partition coefficient (Wildman–Crippen LogP) is 14.0. The van der Waals surface area contributed by atoms with Crippen molar-refractivity contribution in [3.63, 3.8) is 0 Å². The fourth-order valence-corrected chi connectivity index (χ4v) is 7.69. The smallest absolute Gasteiger partial charge is 0.472 e. The molecule has 3 atom stereocenters. The Labute approximate surface area is 367 Å². The largest absolute Gasteiger partial charge is 0.480 e. The van der Waals surface area contributed by atoms with Gasteiger partial charge in [-0.1, -0.05) is 211 Å². The molecule has 4 N–H and O–H groups in total. The highest BCUT2D eigenvalue weighted by Gasteiger charge is 2.27. The summed E-state index contributed by atoms with van der Waals surface area (Å²) in [5.74, 6) is -1.78. The Kier molecular flexibility index (Phi) is 43.9. The predicted molar refractivity (Wildman–Crippen MR) is 249 cm³/mol. The molecule has 0 radical (unpaired) electrons. The highest BCUT2D eigenvalue weighted by Crippen LogP contribution is 2.43. The molecule has 0 fully saturated rings. The van der Waals surface area contributed by atoms with Gasteiger partial charge in [-0.15, -0.1) is 0 Å². The van der Waals surface area contributed by atoms with Crippen LogP contribution in [0.4, 0.5) is 0 Å². The fourth-order valence-electron chi connectivity index (χ4n) is 6.91. The number of ether oxygens (including phenoxy) is 2. The van der Waals surface area contributed by atoms with E-state index >= 15 is 0 Å². The quantitative estimate of drug-likeness (QED) is 0.0233. The maximum absolute atomic E-state index is 12.7. The maximum Gasteiger partial charge on any atom is 0.472 e. The van der Waals surface area contributed by atoms with Gasteiger partial charge in [-0.2, -0.15) is 0 Å². The number of hydrogen-bond acceptors (Lipinski definition) is 8. The molecule has 60 heavy (non-hydrogen) atoms. The van der Waals surface area contributed by atoms with Crippen LogP contribution in [0.2, 0.25) is 0 Å². The number of carboxylic acid groups (broad SMARTS) is 1. The number of unbranched alkanes of at least 4 members (excludes halogenated alkanes) is 27. The normalized spacial score (nSPS) is 14.1. The van der Waals surface area contributed by atoms with E-state index in [0.717, 1.165) is 57.8 Å². The van der Waals surface area contributed by atoms with Gasteiger partial charge in [0.25, 0.3) is 0 Å². The highest BCUT2D eigenvalue weighted by atomic mass is 31.2. The van der Waals surface area contributed by atoms with Crippen molar-refractivity contribution in [2.24, 2.45) is 5.73 Å². The molecule has 0 aliphatic carbocycles. The van der Waals surface area contributed by atoms with E-state index < -0.39 is 45.1 Å². The van der Waals surface area contributed by atoms with Gasteiger partial charge in [0.1, 0.15) is 12.1 Å². The summed E-state index contributed by atoms with van der Waals surface area (Å²) in [6, 6.07) is -1.47. The van der Waals surface area contributed by atoms with Crippen LogP contribution in [0.25, 0.3) is 0 Å². The van der Waals surface area contributed by atoms with Crippen LogP contribution in [0.15, 0.2) is 36.5 Å². The van der Waals surface area contributed by atoms with E-state index in [2.05, 4.69) is 50.3 Å². The Morgan fingerprint density at radius 1 is 0.550 bits per heavy atom. The summed E-state index contributed by atoms with van der Waals surface area (Å²) in [6.45, 7) is 3.78. The Hall–Kier alpha value is -1.81. The molecule has 3 unspecified atom stereocenters. The van der Waals surface area contributed by atoms with Gasteiger partial charge in [0.2, 0.25) is 0 Å². The Bertz CT molecular complexity index is 1100. The van der Waals surface area contributed by atoms with E-state index in [1.165, 1.54) is 141 Å². The summed E-state index contributed by atoms with van der Waals surface area (Å²) in [6.07, 6.45) is 52.0. The lowest BCUT2D eigenvalue weighted by atomic mass is 10.0. The lowest BCUT2D eigenvalue weighted by molar-refractivity contribution is -0.154. The summed E-state index contributed by atoms with van der Waals surface area (Å²) >= 11 is 0. The second-order valence-electron chi connectivity index (χ2n) is 16.6. The molecule has 0 aromatic heterocycles. The lowest BCUT2D eigenvalue weighted by Gasteiger charge is -2.20. The minimum atomic E-state index is -4.62. The van der Waals surface area contributed by atoms with Crippen LogP contribution >= 0.6 is 7.82 Å². The average Bonchev–Trinajstić information content (AvgIpc) is 3.23. The number of phosphoric acid groups is 1. The number of carbonyl (C=O) groups is 2. The first-order valence-electron chi connectivity index (χ1n) is 24.5. The van der Waals surface area contributed by atoms with E-state index in [0.29, 0.717) is 13.0 Å². The number of nitrogens with two attached hydrogens (primary N) is 1. The highest BCUT2D eigenvalue weighted by molar-refractivity contribution is 7.47. The SMILES string of the molecule is CC/C=C\C/C=C\C/C=C\CCCCCCCCOCC(COP(=O)(O)OCC(N)C(=O)O)OC(=O)CCCCCCCCCCCCCCCCCCCCCCCC. The third-order valence-electron chi connectivity index (χ3n) is 10.7. The van der Waals surface area contributed by atoms with Crippen LogP contribution in [0, 0.1) is 0 Å². The molecule has 0 aliphatic heterocycles. The van der Waals surface area contributed by atoms with E-state index in [1.807, 2.05) is 0 Å². The second kappa shape index (κ2) is 45.2. The molecule has 0 aromatic carbocycles. The van der Waals surface area contributed by atoms with E-state index in [9.17, 15) is 19.0 Å². The number of carbonyl (C=O) groups excluding carboxylic acids is 1. The van der Waals surface area contributed by atoms with Gasteiger partial charge in [-0.05, 0) is 44.9 Å². The summed E-state index contributed by atoms with van der Waals surface area (Å²) in [5, 5.41) is 8.92. The fraction of sp³-hybridized carbons (Fsp3) is 0.837. The van der Waals surface area contributed by atoms with Crippen LogP contribution in [-0.4, -0.2) is 60.5 Å². The molecule has 0 aliphatic rings. The Balaban J connectivity index is 4.13. The molecule has 11 heteroatoms. The first-order valence-corrected chi connectivity index (χ1v) is 26.0. The van der Waals surface area contributed by atoms with Gasteiger partial charge < -0.3 is 25.2 Å². The van der Waals surface area contributed by atoms with Crippen LogP contribution < -0.4 is 5.73 Å². The van der Waals surface area contributed by atoms with Crippen molar-refractivity contribution in [2.75, 3.05) is 26.4 Å². The third-order valence-corrected chi connectivity index (χ3v) is 11.6. The van der Waals surface area contributed by atoms with Crippen molar-refractivity contribution < 1.29 is 42.7 Å². The minimum absolute atomic E-state index is 0.0106. The number of aliphatic carboxylic acids is 1. The molecular formula is C49H92NO9P. The van der Waals surface area contributed by atoms with Crippen molar-refractivity contribution >= 4 is 19.8 Å².